The quantitative estimate of drug-likeness (QED) is 0.703. The van der Waals surface area contributed by atoms with E-state index in [2.05, 4.69) is 4.72 Å². The van der Waals surface area contributed by atoms with Crippen LogP contribution in [0.5, 0.6) is 11.5 Å². The average Bonchev–Trinajstić information content (AvgIpc) is 2.97. The summed E-state index contributed by atoms with van der Waals surface area (Å²) in [5.41, 5.74) is 3.75. The molecule has 0 radical (unpaired) electrons. The zero-order valence-electron chi connectivity index (χ0n) is 16.2. The SMILES string of the molecule is COc1ccc2c(c1)c(CNS(=O)(=O)c1cc(C)c(C)cc1OC)cn2C. The van der Waals surface area contributed by atoms with Crippen molar-refractivity contribution in [3.05, 3.63) is 53.2 Å². The van der Waals surface area contributed by atoms with Crippen molar-refractivity contribution < 1.29 is 17.9 Å². The van der Waals surface area contributed by atoms with E-state index in [1.165, 1.54) is 7.11 Å². The van der Waals surface area contributed by atoms with Crippen LogP contribution in [0.25, 0.3) is 10.9 Å². The second kappa shape index (κ2) is 7.25. The maximum Gasteiger partial charge on any atom is 0.244 e. The number of benzene rings is 2. The first-order chi connectivity index (χ1) is 12.8. The van der Waals surface area contributed by atoms with Crippen LogP contribution in [0.3, 0.4) is 0 Å². The smallest absolute Gasteiger partial charge is 0.244 e. The first kappa shape index (κ1) is 19.3. The van der Waals surface area contributed by atoms with Gasteiger partial charge in [-0.1, -0.05) is 0 Å². The molecule has 3 aromatic rings. The fourth-order valence-electron chi connectivity index (χ4n) is 3.10. The molecule has 6 nitrogen and oxygen atoms in total. The molecule has 0 aliphatic rings. The highest BCUT2D eigenvalue weighted by Crippen LogP contribution is 2.29. The number of aryl methyl sites for hydroxylation is 3. The molecule has 27 heavy (non-hydrogen) atoms. The Bertz CT molecular complexity index is 1100. The minimum absolute atomic E-state index is 0.144. The molecule has 0 unspecified atom stereocenters. The number of aromatic nitrogens is 1. The number of hydrogen-bond donors (Lipinski definition) is 1. The molecule has 0 bridgehead atoms. The molecule has 0 amide bonds. The number of nitrogens with zero attached hydrogens (tertiary/aromatic N) is 1. The van der Waals surface area contributed by atoms with Gasteiger partial charge in [-0.3, -0.25) is 0 Å². The van der Waals surface area contributed by atoms with Crippen molar-refractivity contribution in [2.45, 2.75) is 25.3 Å². The molecule has 7 heteroatoms. The molecule has 0 saturated carbocycles. The molecular formula is C20H24N2O4S. The van der Waals surface area contributed by atoms with E-state index in [4.69, 9.17) is 9.47 Å². The maximum atomic E-state index is 12.9. The predicted octanol–water partition coefficient (Wildman–Crippen LogP) is 3.29. The van der Waals surface area contributed by atoms with Gasteiger partial charge in [0, 0.05) is 30.7 Å². The Morgan fingerprint density at radius 1 is 1.04 bits per heavy atom. The van der Waals surface area contributed by atoms with Gasteiger partial charge in [-0.05, 0) is 60.9 Å². The van der Waals surface area contributed by atoms with Gasteiger partial charge in [-0.25, -0.2) is 13.1 Å². The third-order valence-electron chi connectivity index (χ3n) is 4.80. The van der Waals surface area contributed by atoms with Gasteiger partial charge in [0.2, 0.25) is 10.0 Å². The summed E-state index contributed by atoms with van der Waals surface area (Å²) < 4.78 is 41.0. The van der Waals surface area contributed by atoms with Crippen molar-refractivity contribution in [2.24, 2.45) is 7.05 Å². The van der Waals surface area contributed by atoms with Gasteiger partial charge in [-0.15, -0.1) is 0 Å². The van der Waals surface area contributed by atoms with Gasteiger partial charge in [0.05, 0.1) is 14.2 Å². The molecule has 3 rings (SSSR count). The second-order valence-electron chi connectivity index (χ2n) is 6.56. The lowest BCUT2D eigenvalue weighted by Crippen LogP contribution is -2.24. The highest BCUT2D eigenvalue weighted by atomic mass is 32.2. The molecule has 0 saturated heterocycles. The Kier molecular flexibility index (Phi) is 5.17. The van der Waals surface area contributed by atoms with Crippen LogP contribution in [0.1, 0.15) is 16.7 Å². The van der Waals surface area contributed by atoms with Crippen LogP contribution in [0.15, 0.2) is 41.4 Å². The van der Waals surface area contributed by atoms with E-state index in [9.17, 15) is 8.42 Å². The van der Waals surface area contributed by atoms with Crippen LogP contribution >= 0.6 is 0 Å². The predicted molar refractivity (Wildman–Crippen MR) is 106 cm³/mol. The lowest BCUT2D eigenvalue weighted by molar-refractivity contribution is 0.402. The summed E-state index contributed by atoms with van der Waals surface area (Å²) in [7, 11) is 1.28. The number of nitrogens with one attached hydrogen (secondary N) is 1. The summed E-state index contributed by atoms with van der Waals surface area (Å²) in [5, 5.41) is 0.951. The molecule has 144 valence electrons. The molecule has 0 fully saturated rings. The molecular weight excluding hydrogens is 364 g/mol. The molecule has 2 aromatic carbocycles. The number of rotatable bonds is 6. The fourth-order valence-corrected chi connectivity index (χ4v) is 4.34. The van der Waals surface area contributed by atoms with Gasteiger partial charge < -0.3 is 14.0 Å². The first-order valence-corrected chi connectivity index (χ1v) is 10.0. The molecule has 0 spiro atoms. The summed E-state index contributed by atoms with van der Waals surface area (Å²) in [6.07, 6.45) is 1.92. The van der Waals surface area contributed by atoms with Crippen LogP contribution in [0.2, 0.25) is 0 Å². The number of sulfonamides is 1. The zero-order valence-corrected chi connectivity index (χ0v) is 17.0. The molecule has 1 aromatic heterocycles. The minimum Gasteiger partial charge on any atom is -0.497 e. The van der Waals surface area contributed by atoms with Crippen molar-refractivity contribution in [3.63, 3.8) is 0 Å². The number of fused-ring (bicyclic) bond motifs is 1. The summed E-state index contributed by atoms with van der Waals surface area (Å²) in [5.74, 6) is 1.07. The van der Waals surface area contributed by atoms with Crippen LogP contribution in [-0.2, 0) is 23.6 Å². The number of ether oxygens (including phenoxy) is 2. The largest absolute Gasteiger partial charge is 0.497 e. The van der Waals surface area contributed by atoms with E-state index in [0.29, 0.717) is 5.75 Å². The van der Waals surface area contributed by atoms with Crippen molar-refractivity contribution in [3.8, 4) is 11.5 Å². The van der Waals surface area contributed by atoms with E-state index < -0.39 is 10.0 Å². The third-order valence-corrected chi connectivity index (χ3v) is 6.22. The van der Waals surface area contributed by atoms with Crippen molar-refractivity contribution in [2.75, 3.05) is 14.2 Å². The first-order valence-electron chi connectivity index (χ1n) is 8.53. The van der Waals surface area contributed by atoms with Crippen molar-refractivity contribution in [1.82, 2.24) is 9.29 Å². The Morgan fingerprint density at radius 2 is 1.74 bits per heavy atom. The highest BCUT2D eigenvalue weighted by molar-refractivity contribution is 7.89. The standard InChI is InChI=1S/C20H24N2O4S/c1-13-8-19(26-5)20(9-14(13)2)27(23,24)21-11-15-12-22(3)18-7-6-16(25-4)10-17(15)18/h6-10,12,21H,11H2,1-5H3. The lowest BCUT2D eigenvalue weighted by Gasteiger charge is -2.13. The van der Waals surface area contributed by atoms with E-state index in [1.807, 2.05) is 49.9 Å². The summed E-state index contributed by atoms with van der Waals surface area (Å²) in [4.78, 5) is 0.144. The number of hydrogen-bond acceptors (Lipinski definition) is 4. The van der Waals surface area contributed by atoms with E-state index in [0.717, 1.165) is 33.3 Å². The third kappa shape index (κ3) is 3.65. The second-order valence-corrected chi connectivity index (χ2v) is 8.30. The van der Waals surface area contributed by atoms with Crippen LogP contribution in [-0.4, -0.2) is 27.2 Å². The zero-order chi connectivity index (χ0) is 19.8. The van der Waals surface area contributed by atoms with E-state index in [1.54, 1.807) is 19.2 Å². The topological polar surface area (TPSA) is 69.6 Å². The van der Waals surface area contributed by atoms with Crippen LogP contribution in [0.4, 0.5) is 0 Å². The van der Waals surface area contributed by atoms with Gasteiger partial charge in [-0.2, -0.15) is 0 Å². The normalized spacial score (nSPS) is 11.7. The van der Waals surface area contributed by atoms with Gasteiger partial charge in [0.15, 0.2) is 0 Å². The minimum atomic E-state index is -3.73. The van der Waals surface area contributed by atoms with Gasteiger partial charge >= 0.3 is 0 Å². The fraction of sp³-hybridized carbons (Fsp3) is 0.300. The molecule has 0 atom stereocenters. The Balaban J connectivity index is 1.95. The van der Waals surface area contributed by atoms with E-state index in [-0.39, 0.29) is 11.4 Å². The maximum absolute atomic E-state index is 12.9. The number of methoxy groups -OCH3 is 2. The average molecular weight is 388 g/mol. The molecule has 1 heterocycles. The Morgan fingerprint density at radius 3 is 2.41 bits per heavy atom. The van der Waals surface area contributed by atoms with Gasteiger partial charge in [0.25, 0.3) is 0 Å². The van der Waals surface area contributed by atoms with E-state index >= 15 is 0 Å². The Labute approximate surface area is 159 Å². The molecule has 1 N–H and O–H groups in total. The van der Waals surface area contributed by atoms with Crippen LogP contribution < -0.4 is 14.2 Å². The summed E-state index contributed by atoms with van der Waals surface area (Å²) in [6, 6.07) is 9.14. The monoisotopic (exact) mass is 388 g/mol. The Hall–Kier alpha value is -2.51. The molecule has 0 aliphatic heterocycles. The highest BCUT2D eigenvalue weighted by Gasteiger charge is 2.21. The van der Waals surface area contributed by atoms with Crippen molar-refractivity contribution in [1.29, 1.82) is 0 Å². The molecule has 0 aliphatic carbocycles. The summed E-state index contributed by atoms with van der Waals surface area (Å²) >= 11 is 0. The van der Waals surface area contributed by atoms with Gasteiger partial charge in [0.1, 0.15) is 16.4 Å². The summed E-state index contributed by atoms with van der Waals surface area (Å²) in [6.45, 7) is 3.97. The van der Waals surface area contributed by atoms with Crippen LogP contribution in [0, 0.1) is 13.8 Å². The van der Waals surface area contributed by atoms with Crippen molar-refractivity contribution >= 4 is 20.9 Å². The lowest BCUT2D eigenvalue weighted by atomic mass is 10.1.